The van der Waals surface area contributed by atoms with Gasteiger partial charge in [0.1, 0.15) is 11.2 Å². The molecular formula is C52H33NOS. The molecule has 0 unspecified atom stereocenters. The first-order chi connectivity index (χ1) is 27.3. The van der Waals surface area contributed by atoms with E-state index in [9.17, 15) is 0 Å². The number of furan rings is 1. The smallest absolute Gasteiger partial charge is 0.143 e. The third kappa shape index (κ3) is 5.32. The van der Waals surface area contributed by atoms with Gasteiger partial charge >= 0.3 is 0 Å². The lowest BCUT2D eigenvalue weighted by molar-refractivity contribution is 0.670. The van der Waals surface area contributed by atoms with Crippen molar-refractivity contribution in [3.05, 3.63) is 200 Å². The summed E-state index contributed by atoms with van der Waals surface area (Å²) in [6, 6.07) is 72.3. The summed E-state index contributed by atoms with van der Waals surface area (Å²) in [5.41, 5.74) is 12.0. The number of anilines is 3. The maximum atomic E-state index is 6.53. The highest BCUT2D eigenvalue weighted by molar-refractivity contribution is 7.25. The van der Waals surface area contributed by atoms with Crippen LogP contribution in [0.4, 0.5) is 17.1 Å². The van der Waals surface area contributed by atoms with Crippen molar-refractivity contribution in [2.45, 2.75) is 0 Å². The predicted octanol–water partition coefficient (Wildman–Crippen LogP) is 15.6. The first-order valence-corrected chi connectivity index (χ1v) is 19.5. The molecule has 11 aromatic rings. The molecule has 3 heteroatoms. The molecule has 0 aliphatic heterocycles. The molecule has 55 heavy (non-hydrogen) atoms. The van der Waals surface area contributed by atoms with Gasteiger partial charge in [-0.15, -0.1) is 11.3 Å². The molecule has 0 radical (unpaired) electrons. The Morgan fingerprint density at radius 1 is 0.364 bits per heavy atom. The van der Waals surface area contributed by atoms with E-state index >= 15 is 0 Å². The van der Waals surface area contributed by atoms with Crippen molar-refractivity contribution >= 4 is 81.3 Å². The fourth-order valence-electron chi connectivity index (χ4n) is 8.30. The molecule has 2 nitrogen and oxygen atoms in total. The molecule has 0 spiro atoms. The third-order valence-electron chi connectivity index (χ3n) is 10.9. The molecule has 0 aliphatic carbocycles. The maximum absolute atomic E-state index is 6.53. The Bertz CT molecular complexity index is 3240. The molecule has 2 heterocycles. The van der Waals surface area contributed by atoms with E-state index in [1.807, 2.05) is 23.5 Å². The summed E-state index contributed by atoms with van der Waals surface area (Å²) in [4.78, 5) is 2.42. The Labute approximate surface area is 322 Å². The van der Waals surface area contributed by atoms with Crippen LogP contribution in [-0.4, -0.2) is 0 Å². The molecule has 258 valence electrons. The van der Waals surface area contributed by atoms with Crippen LogP contribution in [0.25, 0.3) is 86.3 Å². The molecule has 2 aromatic heterocycles. The van der Waals surface area contributed by atoms with Crippen LogP contribution in [0.1, 0.15) is 0 Å². The number of thiophene rings is 1. The summed E-state index contributed by atoms with van der Waals surface area (Å²) in [7, 11) is 0. The third-order valence-corrected chi connectivity index (χ3v) is 12.0. The monoisotopic (exact) mass is 719 g/mol. The van der Waals surface area contributed by atoms with Crippen LogP contribution in [-0.2, 0) is 0 Å². The number of hydrogen-bond acceptors (Lipinski definition) is 3. The minimum Gasteiger partial charge on any atom is -0.455 e. The Morgan fingerprint density at radius 3 is 1.87 bits per heavy atom. The highest BCUT2D eigenvalue weighted by Crippen LogP contribution is 2.45. The predicted molar refractivity (Wildman–Crippen MR) is 235 cm³/mol. The van der Waals surface area contributed by atoms with Crippen LogP contribution in [0.5, 0.6) is 0 Å². The van der Waals surface area contributed by atoms with Gasteiger partial charge in [-0.05, 0) is 81.6 Å². The van der Waals surface area contributed by atoms with Gasteiger partial charge < -0.3 is 9.32 Å². The van der Waals surface area contributed by atoms with E-state index in [1.165, 1.54) is 53.2 Å². The lowest BCUT2D eigenvalue weighted by Crippen LogP contribution is -2.11. The van der Waals surface area contributed by atoms with Gasteiger partial charge in [-0.1, -0.05) is 152 Å². The van der Waals surface area contributed by atoms with Gasteiger partial charge in [0.05, 0.1) is 5.69 Å². The van der Waals surface area contributed by atoms with Gasteiger partial charge in [0.2, 0.25) is 0 Å². The molecule has 0 fully saturated rings. The number of para-hydroxylation sites is 3. The van der Waals surface area contributed by atoms with Gasteiger partial charge in [-0.25, -0.2) is 0 Å². The molecule has 0 N–H and O–H groups in total. The molecule has 9 aromatic carbocycles. The second-order valence-corrected chi connectivity index (χ2v) is 15.2. The maximum Gasteiger partial charge on any atom is 0.143 e. The quantitative estimate of drug-likeness (QED) is 0.170. The Kier molecular flexibility index (Phi) is 7.39. The van der Waals surface area contributed by atoms with Crippen molar-refractivity contribution in [2.75, 3.05) is 4.90 Å². The Balaban J connectivity index is 1.11. The molecule has 0 amide bonds. The van der Waals surface area contributed by atoms with Crippen LogP contribution < -0.4 is 4.90 Å². The highest BCUT2D eigenvalue weighted by Gasteiger charge is 2.20. The lowest BCUT2D eigenvalue weighted by atomic mass is 9.95. The van der Waals surface area contributed by atoms with E-state index in [-0.39, 0.29) is 0 Å². The molecule has 0 saturated carbocycles. The molecule has 0 atom stereocenters. The molecule has 0 saturated heterocycles. The number of fused-ring (bicyclic) bond motifs is 7. The minimum absolute atomic E-state index is 0.900. The standard InChI is InChI=1S/C52H33NOS/c1-2-19-40-34(13-1)14-11-24-42(40)43-20-3-6-26-48(43)53(38-17-9-15-35(31-38)36-29-30-46-45-22-5-8-28-50(45)55-51(46)33-36)39-18-10-16-37(32-39)41-23-12-25-47-44-21-4-7-27-49(44)54-52(41)47/h1-33H. The zero-order valence-electron chi connectivity index (χ0n) is 29.8. The Morgan fingerprint density at radius 2 is 0.964 bits per heavy atom. The highest BCUT2D eigenvalue weighted by atomic mass is 32.1. The summed E-state index contributed by atoms with van der Waals surface area (Å²) < 4.78 is 9.15. The van der Waals surface area contributed by atoms with Gasteiger partial charge in [0.25, 0.3) is 0 Å². The van der Waals surface area contributed by atoms with E-state index in [2.05, 4.69) is 193 Å². The van der Waals surface area contributed by atoms with Crippen LogP contribution in [0.2, 0.25) is 0 Å². The fraction of sp³-hybridized carbons (Fsp3) is 0. The summed E-state index contributed by atoms with van der Waals surface area (Å²) in [6.07, 6.45) is 0. The largest absolute Gasteiger partial charge is 0.455 e. The van der Waals surface area contributed by atoms with Crippen molar-refractivity contribution in [1.82, 2.24) is 0 Å². The second kappa shape index (κ2) is 12.9. The number of nitrogens with zero attached hydrogens (tertiary/aromatic N) is 1. The van der Waals surface area contributed by atoms with Gasteiger partial charge in [0, 0.05) is 53.4 Å². The normalized spacial score (nSPS) is 11.6. The SMILES string of the molecule is c1cc(-c2ccc3c(c2)sc2ccccc23)cc(N(c2cccc(-c3cccc4c3oc3ccccc34)c2)c2ccccc2-c2cccc3ccccc23)c1. The van der Waals surface area contributed by atoms with Crippen molar-refractivity contribution < 1.29 is 4.42 Å². The summed E-state index contributed by atoms with van der Waals surface area (Å²) in [5.74, 6) is 0. The number of rotatable bonds is 6. The van der Waals surface area contributed by atoms with Crippen molar-refractivity contribution in [3.63, 3.8) is 0 Å². The number of hydrogen-bond donors (Lipinski definition) is 0. The average molecular weight is 720 g/mol. The zero-order valence-corrected chi connectivity index (χ0v) is 30.6. The van der Waals surface area contributed by atoms with Crippen LogP contribution >= 0.6 is 11.3 Å². The summed E-state index contributed by atoms with van der Waals surface area (Å²) >= 11 is 1.86. The van der Waals surface area contributed by atoms with Crippen LogP contribution in [0.15, 0.2) is 205 Å². The average Bonchev–Trinajstić information content (AvgIpc) is 3.82. The topological polar surface area (TPSA) is 16.4 Å². The minimum atomic E-state index is 0.900. The fourth-order valence-corrected chi connectivity index (χ4v) is 9.45. The number of benzene rings is 9. The van der Waals surface area contributed by atoms with E-state index in [4.69, 9.17) is 4.42 Å². The molecule has 11 rings (SSSR count). The van der Waals surface area contributed by atoms with Crippen molar-refractivity contribution in [1.29, 1.82) is 0 Å². The first-order valence-electron chi connectivity index (χ1n) is 18.7. The summed E-state index contributed by atoms with van der Waals surface area (Å²) in [6.45, 7) is 0. The van der Waals surface area contributed by atoms with Gasteiger partial charge in [-0.2, -0.15) is 0 Å². The summed E-state index contributed by atoms with van der Waals surface area (Å²) in [5, 5.41) is 7.33. The zero-order chi connectivity index (χ0) is 36.3. The van der Waals surface area contributed by atoms with Gasteiger partial charge in [0.15, 0.2) is 0 Å². The van der Waals surface area contributed by atoms with Crippen LogP contribution in [0, 0.1) is 0 Å². The van der Waals surface area contributed by atoms with E-state index in [1.54, 1.807) is 0 Å². The Hall–Kier alpha value is -6.94. The second-order valence-electron chi connectivity index (χ2n) is 14.1. The molecule has 0 aliphatic rings. The molecule has 0 bridgehead atoms. The lowest BCUT2D eigenvalue weighted by Gasteiger charge is -2.29. The van der Waals surface area contributed by atoms with Crippen LogP contribution in [0.3, 0.4) is 0 Å². The van der Waals surface area contributed by atoms with Gasteiger partial charge in [-0.3, -0.25) is 0 Å². The van der Waals surface area contributed by atoms with Crippen molar-refractivity contribution in [2.24, 2.45) is 0 Å². The molecular weight excluding hydrogens is 687 g/mol. The first kappa shape index (κ1) is 31.6. The van der Waals surface area contributed by atoms with E-state index in [0.717, 1.165) is 50.1 Å². The van der Waals surface area contributed by atoms with E-state index < -0.39 is 0 Å². The van der Waals surface area contributed by atoms with E-state index in [0.29, 0.717) is 0 Å². The van der Waals surface area contributed by atoms with Crippen molar-refractivity contribution in [3.8, 4) is 33.4 Å².